The van der Waals surface area contributed by atoms with Crippen LogP contribution in [0.2, 0.25) is 0 Å². The second-order valence-electron chi connectivity index (χ2n) is 9.28. The van der Waals surface area contributed by atoms with Gasteiger partial charge in [-0.15, -0.1) is 0 Å². The third-order valence-corrected chi connectivity index (χ3v) is 7.22. The largest absolute Gasteiger partial charge is 0.383 e. The van der Waals surface area contributed by atoms with Crippen LogP contribution < -0.4 is 16.8 Å². The summed E-state index contributed by atoms with van der Waals surface area (Å²) in [5.74, 6) is 0.485. The number of anilines is 2. The minimum Gasteiger partial charge on any atom is -0.383 e. The molecule has 2 fully saturated rings. The summed E-state index contributed by atoms with van der Waals surface area (Å²) in [5, 5.41) is 3.48. The van der Waals surface area contributed by atoms with Crippen LogP contribution in [0.15, 0.2) is 36.8 Å². The van der Waals surface area contributed by atoms with Crippen molar-refractivity contribution >= 4 is 28.6 Å². The molecule has 2 aliphatic rings. The lowest BCUT2D eigenvalue weighted by atomic mass is 9.89. The SMILES string of the molecule is CN1CCN(C2CCC(n3cc(-c4ccc(NC(N)=O)cc4)c4c(N)ncnc43)CC2)CC1. The molecule has 1 aromatic carbocycles. The molecular formula is C24H32N8O. The van der Waals surface area contributed by atoms with E-state index in [9.17, 15) is 4.79 Å². The highest BCUT2D eigenvalue weighted by molar-refractivity contribution is 6.01. The molecule has 1 aliphatic heterocycles. The maximum atomic E-state index is 11.1. The number of nitrogens with one attached hydrogen (secondary N) is 1. The van der Waals surface area contributed by atoms with E-state index in [0.717, 1.165) is 48.1 Å². The lowest BCUT2D eigenvalue weighted by Crippen LogP contribution is -2.49. The lowest BCUT2D eigenvalue weighted by Gasteiger charge is -2.41. The standard InChI is InChI=1S/C24H32N8O/c1-30-10-12-31(13-11-30)18-6-8-19(9-7-18)32-14-20(21-22(25)27-15-28-23(21)32)16-2-4-17(5-3-16)29-24(26)33/h2-5,14-15,18-19H,6-13H2,1H3,(H2,25,27,28)(H3,26,29,33). The van der Waals surface area contributed by atoms with Gasteiger partial charge in [-0.05, 0) is 50.4 Å². The van der Waals surface area contributed by atoms with Crippen LogP contribution in [-0.2, 0) is 0 Å². The molecule has 9 heteroatoms. The number of rotatable bonds is 4. The minimum absolute atomic E-state index is 0.398. The molecule has 1 saturated carbocycles. The number of nitrogens with two attached hydrogens (primary N) is 2. The van der Waals surface area contributed by atoms with Gasteiger partial charge < -0.3 is 26.3 Å². The van der Waals surface area contributed by atoms with E-state index in [1.54, 1.807) is 6.33 Å². The molecule has 5 rings (SSSR count). The Labute approximate surface area is 193 Å². The third kappa shape index (κ3) is 4.38. The average molecular weight is 449 g/mol. The number of hydrogen-bond donors (Lipinski definition) is 3. The van der Waals surface area contributed by atoms with Gasteiger partial charge >= 0.3 is 6.03 Å². The number of urea groups is 1. The van der Waals surface area contributed by atoms with Crippen molar-refractivity contribution in [2.24, 2.45) is 5.73 Å². The predicted molar refractivity (Wildman–Crippen MR) is 131 cm³/mol. The van der Waals surface area contributed by atoms with Crippen molar-refractivity contribution in [2.45, 2.75) is 37.8 Å². The van der Waals surface area contributed by atoms with E-state index >= 15 is 0 Å². The molecule has 1 aliphatic carbocycles. The normalized spacial score (nSPS) is 22.5. The van der Waals surface area contributed by atoms with Crippen LogP contribution in [0.4, 0.5) is 16.3 Å². The molecule has 2 amide bonds. The zero-order valence-corrected chi connectivity index (χ0v) is 19.1. The molecule has 0 unspecified atom stereocenters. The van der Waals surface area contributed by atoms with Crippen LogP contribution in [0.3, 0.4) is 0 Å². The number of fused-ring (bicyclic) bond motifs is 1. The van der Waals surface area contributed by atoms with Crippen molar-refractivity contribution in [1.29, 1.82) is 0 Å². The molecule has 0 spiro atoms. The average Bonchev–Trinajstić information content (AvgIpc) is 3.21. The van der Waals surface area contributed by atoms with E-state index in [1.165, 1.54) is 25.9 Å². The Bertz CT molecular complexity index is 1130. The highest BCUT2D eigenvalue weighted by atomic mass is 16.2. The van der Waals surface area contributed by atoms with E-state index in [1.807, 2.05) is 24.3 Å². The molecule has 1 saturated heterocycles. The Morgan fingerprint density at radius 3 is 2.33 bits per heavy atom. The zero-order chi connectivity index (χ0) is 22.9. The summed E-state index contributed by atoms with van der Waals surface area (Å²) < 4.78 is 2.30. The molecule has 0 atom stereocenters. The van der Waals surface area contributed by atoms with E-state index in [-0.39, 0.29) is 0 Å². The van der Waals surface area contributed by atoms with Crippen LogP contribution in [0.5, 0.6) is 0 Å². The monoisotopic (exact) mass is 448 g/mol. The smallest absolute Gasteiger partial charge is 0.316 e. The van der Waals surface area contributed by atoms with Crippen molar-refractivity contribution in [1.82, 2.24) is 24.3 Å². The van der Waals surface area contributed by atoms with Crippen molar-refractivity contribution < 1.29 is 4.79 Å². The summed E-state index contributed by atoms with van der Waals surface area (Å²) >= 11 is 0. The van der Waals surface area contributed by atoms with Crippen molar-refractivity contribution in [3.63, 3.8) is 0 Å². The maximum absolute atomic E-state index is 11.1. The number of nitrogens with zero attached hydrogens (tertiary/aromatic N) is 5. The van der Waals surface area contributed by atoms with Gasteiger partial charge in [-0.3, -0.25) is 4.90 Å². The first kappa shape index (κ1) is 21.7. The van der Waals surface area contributed by atoms with Crippen LogP contribution in [0, 0.1) is 0 Å². The van der Waals surface area contributed by atoms with Gasteiger partial charge in [-0.2, -0.15) is 0 Å². The zero-order valence-electron chi connectivity index (χ0n) is 19.1. The number of carbonyl (C=O) groups excluding carboxylic acids is 1. The fraction of sp³-hybridized carbons (Fsp3) is 0.458. The lowest BCUT2D eigenvalue weighted by molar-refractivity contribution is 0.0828. The Hall–Kier alpha value is -3.17. The first-order chi connectivity index (χ1) is 16.0. The number of carbonyl (C=O) groups is 1. The molecular weight excluding hydrogens is 416 g/mol. The number of likely N-dealkylation sites (N-methyl/N-ethyl adjacent to an activating group) is 1. The van der Waals surface area contributed by atoms with Gasteiger partial charge in [-0.25, -0.2) is 14.8 Å². The first-order valence-electron chi connectivity index (χ1n) is 11.7. The summed E-state index contributed by atoms with van der Waals surface area (Å²) in [5.41, 5.74) is 15.1. The van der Waals surface area contributed by atoms with Crippen molar-refractivity contribution in [2.75, 3.05) is 44.3 Å². The number of amides is 2. The topological polar surface area (TPSA) is 118 Å². The molecule has 5 N–H and O–H groups in total. The summed E-state index contributed by atoms with van der Waals surface area (Å²) in [4.78, 5) is 25.1. The number of hydrogen-bond acceptors (Lipinski definition) is 6. The highest BCUT2D eigenvalue weighted by Crippen LogP contribution is 2.39. The predicted octanol–water partition coefficient (Wildman–Crippen LogP) is 2.90. The summed E-state index contributed by atoms with van der Waals surface area (Å²) in [6, 6.07) is 8.09. The number of aromatic nitrogens is 3. The molecule has 3 heterocycles. The second-order valence-corrected chi connectivity index (χ2v) is 9.28. The van der Waals surface area contributed by atoms with E-state index in [0.29, 0.717) is 23.6 Å². The molecule has 2 aromatic heterocycles. The highest BCUT2D eigenvalue weighted by Gasteiger charge is 2.29. The number of nitrogen functional groups attached to an aromatic ring is 1. The molecule has 9 nitrogen and oxygen atoms in total. The number of piperazine rings is 1. The third-order valence-electron chi connectivity index (χ3n) is 7.22. The van der Waals surface area contributed by atoms with Crippen LogP contribution >= 0.6 is 0 Å². The number of primary amides is 1. The van der Waals surface area contributed by atoms with Gasteiger partial charge in [0.15, 0.2) is 0 Å². The van der Waals surface area contributed by atoms with Gasteiger partial charge in [0.2, 0.25) is 0 Å². The molecule has 0 bridgehead atoms. The van der Waals surface area contributed by atoms with Crippen LogP contribution in [0.1, 0.15) is 31.7 Å². The molecule has 0 radical (unpaired) electrons. The molecule has 33 heavy (non-hydrogen) atoms. The van der Waals surface area contributed by atoms with E-state index in [2.05, 4.69) is 42.9 Å². The summed E-state index contributed by atoms with van der Waals surface area (Å²) in [6.45, 7) is 4.67. The van der Waals surface area contributed by atoms with Gasteiger partial charge in [0.05, 0.1) is 5.39 Å². The fourth-order valence-electron chi connectivity index (χ4n) is 5.37. The molecule has 174 valence electrons. The first-order valence-corrected chi connectivity index (χ1v) is 11.7. The quantitative estimate of drug-likeness (QED) is 0.565. The summed E-state index contributed by atoms with van der Waals surface area (Å²) in [6.07, 6.45) is 8.40. The maximum Gasteiger partial charge on any atom is 0.316 e. The van der Waals surface area contributed by atoms with Crippen LogP contribution in [0.25, 0.3) is 22.2 Å². The van der Waals surface area contributed by atoms with E-state index < -0.39 is 6.03 Å². The fourth-order valence-corrected chi connectivity index (χ4v) is 5.37. The number of benzene rings is 1. The van der Waals surface area contributed by atoms with Crippen molar-refractivity contribution in [3.05, 3.63) is 36.8 Å². The minimum atomic E-state index is -0.579. The van der Waals surface area contributed by atoms with Gasteiger partial charge in [0.1, 0.15) is 17.8 Å². The Kier molecular flexibility index (Phi) is 5.90. The Morgan fingerprint density at radius 2 is 1.67 bits per heavy atom. The second kappa shape index (κ2) is 8.99. The van der Waals surface area contributed by atoms with Gasteiger partial charge in [0.25, 0.3) is 0 Å². The van der Waals surface area contributed by atoms with Gasteiger partial charge in [0, 0.05) is 55.7 Å². The Balaban J connectivity index is 1.40. The van der Waals surface area contributed by atoms with Crippen LogP contribution in [-0.4, -0.2) is 69.6 Å². The van der Waals surface area contributed by atoms with Crippen molar-refractivity contribution in [3.8, 4) is 11.1 Å². The van der Waals surface area contributed by atoms with E-state index in [4.69, 9.17) is 11.5 Å². The molecule has 3 aromatic rings. The van der Waals surface area contributed by atoms with Gasteiger partial charge in [-0.1, -0.05) is 12.1 Å². The summed E-state index contributed by atoms with van der Waals surface area (Å²) in [7, 11) is 2.21. The Morgan fingerprint density at radius 1 is 1.00 bits per heavy atom.